The number of hydrogen-bond acceptors (Lipinski definition) is 5. The first kappa shape index (κ1) is 28.4. The fourth-order valence-electron chi connectivity index (χ4n) is 5.15. The molecule has 0 aliphatic heterocycles. The molecule has 214 valence electrons. The Labute approximate surface area is 244 Å². The zero-order valence-corrected chi connectivity index (χ0v) is 23.2. The molecular weight excluding hydrogens is 532 g/mol. The third kappa shape index (κ3) is 6.78. The number of rotatable bonds is 11. The number of carboxylic acid groups (broad SMARTS) is 1. The zero-order valence-electron chi connectivity index (χ0n) is 23.2. The van der Waals surface area contributed by atoms with Crippen LogP contribution in [0.3, 0.4) is 0 Å². The van der Waals surface area contributed by atoms with E-state index in [4.69, 9.17) is 9.47 Å². The molecule has 0 bridgehead atoms. The van der Waals surface area contributed by atoms with Crippen LogP contribution in [-0.4, -0.2) is 35.7 Å². The van der Waals surface area contributed by atoms with Crippen LogP contribution < -0.4 is 15.4 Å². The average Bonchev–Trinajstić information content (AvgIpc) is 3.32. The quantitative estimate of drug-likeness (QED) is 0.197. The summed E-state index contributed by atoms with van der Waals surface area (Å²) in [6.07, 6.45) is -1.18. The predicted molar refractivity (Wildman–Crippen MR) is 159 cm³/mol. The van der Waals surface area contributed by atoms with Crippen LogP contribution in [0.2, 0.25) is 0 Å². The monoisotopic (exact) mass is 564 g/mol. The van der Waals surface area contributed by atoms with E-state index >= 15 is 0 Å². The van der Waals surface area contributed by atoms with Crippen molar-refractivity contribution in [2.75, 3.05) is 11.9 Å². The minimum Gasteiger partial charge on any atom is -0.489 e. The lowest BCUT2D eigenvalue weighted by Crippen LogP contribution is -2.44. The van der Waals surface area contributed by atoms with E-state index in [0.29, 0.717) is 18.0 Å². The van der Waals surface area contributed by atoms with Gasteiger partial charge in [-0.15, -0.1) is 0 Å². The van der Waals surface area contributed by atoms with E-state index in [9.17, 15) is 19.5 Å². The topological polar surface area (TPSA) is 114 Å². The predicted octanol–water partition coefficient (Wildman–Crippen LogP) is 6.28. The van der Waals surface area contributed by atoms with Crippen LogP contribution in [-0.2, 0) is 20.9 Å². The Bertz CT molecular complexity index is 1540. The smallest absolute Gasteiger partial charge is 0.407 e. The summed E-state index contributed by atoms with van der Waals surface area (Å²) in [5, 5.41) is 14.6. The number of aliphatic carboxylic acids is 1. The second-order valence-corrected chi connectivity index (χ2v) is 10.2. The van der Waals surface area contributed by atoms with Crippen LogP contribution in [0.15, 0.2) is 97.1 Å². The van der Waals surface area contributed by atoms with Gasteiger partial charge in [-0.3, -0.25) is 9.59 Å². The minimum atomic E-state index is -1.11. The molecule has 8 nitrogen and oxygen atoms in total. The molecule has 0 saturated heterocycles. The van der Waals surface area contributed by atoms with Crippen LogP contribution in [0.25, 0.3) is 11.1 Å². The number of carboxylic acids is 1. The molecule has 1 unspecified atom stereocenters. The molecule has 2 amide bonds. The van der Waals surface area contributed by atoms with Crippen molar-refractivity contribution in [3.05, 3.63) is 119 Å². The Hall–Kier alpha value is -5.11. The maximum atomic E-state index is 13.2. The number of aryl methyl sites for hydroxylation is 1. The molecule has 42 heavy (non-hydrogen) atoms. The first-order valence-corrected chi connectivity index (χ1v) is 13.8. The molecule has 1 atom stereocenters. The van der Waals surface area contributed by atoms with Crippen LogP contribution >= 0.6 is 0 Å². The van der Waals surface area contributed by atoms with Crippen LogP contribution in [0.5, 0.6) is 5.75 Å². The first-order valence-electron chi connectivity index (χ1n) is 13.8. The van der Waals surface area contributed by atoms with Crippen molar-refractivity contribution in [2.24, 2.45) is 0 Å². The van der Waals surface area contributed by atoms with E-state index in [0.717, 1.165) is 33.4 Å². The van der Waals surface area contributed by atoms with E-state index in [-0.39, 0.29) is 25.4 Å². The Balaban J connectivity index is 1.21. The zero-order chi connectivity index (χ0) is 29.5. The van der Waals surface area contributed by atoms with Crippen LogP contribution in [0, 0.1) is 6.92 Å². The van der Waals surface area contributed by atoms with E-state index in [1.807, 2.05) is 91.9 Å². The van der Waals surface area contributed by atoms with Crippen molar-refractivity contribution in [1.29, 1.82) is 0 Å². The normalized spacial score (nSPS) is 12.5. The highest BCUT2D eigenvalue weighted by Crippen LogP contribution is 2.44. The summed E-state index contributed by atoms with van der Waals surface area (Å²) in [4.78, 5) is 37.3. The summed E-state index contributed by atoms with van der Waals surface area (Å²) in [5.41, 5.74) is 6.67. The molecule has 0 saturated carbocycles. The van der Waals surface area contributed by atoms with Gasteiger partial charge in [-0.05, 0) is 64.9 Å². The van der Waals surface area contributed by atoms with E-state index in [2.05, 4.69) is 10.6 Å². The van der Waals surface area contributed by atoms with Gasteiger partial charge < -0.3 is 25.2 Å². The van der Waals surface area contributed by atoms with Gasteiger partial charge in [0.15, 0.2) is 0 Å². The standard InChI is InChI=1S/C34H32N2O6/c1-22-19-24(41-20-23-9-3-2-4-10-23)15-16-30(22)35-33(39)31(17-18-32(37)38)36-34(40)42-21-29-27-13-7-5-11-25(27)26-12-6-8-14-28(26)29/h2-16,19,29,31H,17-18,20-21H2,1H3,(H,35,39)(H,36,40)(H,37,38). The van der Waals surface area contributed by atoms with Gasteiger partial charge in [0.25, 0.3) is 0 Å². The number of amides is 2. The summed E-state index contributed by atoms with van der Waals surface area (Å²) >= 11 is 0. The summed E-state index contributed by atoms with van der Waals surface area (Å²) in [7, 11) is 0. The highest BCUT2D eigenvalue weighted by molar-refractivity contribution is 5.97. The lowest BCUT2D eigenvalue weighted by molar-refractivity contribution is -0.137. The molecule has 4 aromatic carbocycles. The molecule has 3 N–H and O–H groups in total. The third-order valence-corrected chi connectivity index (χ3v) is 7.30. The molecule has 1 aliphatic carbocycles. The first-order chi connectivity index (χ1) is 20.4. The Morgan fingerprint density at radius 2 is 1.50 bits per heavy atom. The largest absolute Gasteiger partial charge is 0.489 e. The number of carbonyl (C=O) groups excluding carboxylic acids is 2. The molecule has 5 rings (SSSR count). The molecule has 4 aromatic rings. The van der Waals surface area contributed by atoms with Gasteiger partial charge in [0.1, 0.15) is 25.0 Å². The molecule has 1 aliphatic rings. The number of fused-ring (bicyclic) bond motifs is 3. The number of anilines is 1. The van der Waals surface area contributed by atoms with Crippen molar-refractivity contribution < 1.29 is 29.0 Å². The van der Waals surface area contributed by atoms with Crippen LogP contribution in [0.4, 0.5) is 10.5 Å². The van der Waals surface area contributed by atoms with Gasteiger partial charge >= 0.3 is 12.1 Å². The Kier molecular flexibility index (Phi) is 8.82. The summed E-state index contributed by atoms with van der Waals surface area (Å²) in [5.74, 6) is -1.10. The number of benzene rings is 4. The number of carbonyl (C=O) groups is 3. The van der Waals surface area contributed by atoms with Gasteiger partial charge in [0.05, 0.1) is 0 Å². The second-order valence-electron chi connectivity index (χ2n) is 10.2. The fourth-order valence-corrected chi connectivity index (χ4v) is 5.15. The Morgan fingerprint density at radius 3 is 2.14 bits per heavy atom. The molecule has 0 heterocycles. The van der Waals surface area contributed by atoms with Crippen molar-refractivity contribution in [3.63, 3.8) is 0 Å². The molecule has 0 aromatic heterocycles. The highest BCUT2D eigenvalue weighted by Gasteiger charge is 2.30. The van der Waals surface area contributed by atoms with Crippen LogP contribution in [0.1, 0.15) is 41.0 Å². The summed E-state index contributed by atoms with van der Waals surface area (Å²) in [6.45, 7) is 2.32. The number of hydrogen-bond donors (Lipinski definition) is 3. The number of ether oxygens (including phenoxy) is 2. The van der Waals surface area contributed by atoms with Gasteiger partial charge in [-0.1, -0.05) is 78.9 Å². The number of nitrogens with one attached hydrogen (secondary N) is 2. The SMILES string of the molecule is Cc1cc(OCc2ccccc2)ccc1NC(=O)C(CCC(=O)O)NC(=O)OCC1c2ccccc2-c2ccccc21. The van der Waals surface area contributed by atoms with E-state index in [1.165, 1.54) is 0 Å². The summed E-state index contributed by atoms with van der Waals surface area (Å²) < 4.78 is 11.4. The lowest BCUT2D eigenvalue weighted by Gasteiger charge is -2.20. The number of alkyl carbamates (subject to hydrolysis) is 1. The van der Waals surface area contributed by atoms with Crippen molar-refractivity contribution in [1.82, 2.24) is 5.32 Å². The van der Waals surface area contributed by atoms with Crippen molar-refractivity contribution in [3.8, 4) is 16.9 Å². The molecule has 8 heteroatoms. The maximum Gasteiger partial charge on any atom is 0.407 e. The third-order valence-electron chi connectivity index (χ3n) is 7.30. The molecule has 0 fully saturated rings. The summed E-state index contributed by atoms with van der Waals surface area (Å²) in [6, 6.07) is 29.9. The van der Waals surface area contributed by atoms with Gasteiger partial charge in [0, 0.05) is 18.0 Å². The Morgan fingerprint density at radius 1 is 0.857 bits per heavy atom. The minimum absolute atomic E-state index is 0.0800. The average molecular weight is 565 g/mol. The highest BCUT2D eigenvalue weighted by atomic mass is 16.5. The van der Waals surface area contributed by atoms with Gasteiger partial charge in [-0.25, -0.2) is 4.79 Å². The van der Waals surface area contributed by atoms with Crippen molar-refractivity contribution in [2.45, 2.75) is 38.3 Å². The maximum absolute atomic E-state index is 13.2. The van der Waals surface area contributed by atoms with Gasteiger partial charge in [-0.2, -0.15) is 0 Å². The lowest BCUT2D eigenvalue weighted by atomic mass is 9.98. The van der Waals surface area contributed by atoms with E-state index in [1.54, 1.807) is 12.1 Å². The van der Waals surface area contributed by atoms with Gasteiger partial charge in [0.2, 0.25) is 5.91 Å². The fraction of sp³-hybridized carbons (Fsp3) is 0.206. The molecule has 0 radical (unpaired) electrons. The molecule has 0 spiro atoms. The molecular formula is C34H32N2O6. The van der Waals surface area contributed by atoms with Crippen molar-refractivity contribution >= 4 is 23.7 Å². The van der Waals surface area contributed by atoms with E-state index < -0.39 is 24.0 Å². The second kappa shape index (κ2) is 13.0.